The summed E-state index contributed by atoms with van der Waals surface area (Å²) in [5, 5.41) is 20.7. The average molecular weight is 258 g/mol. The predicted molar refractivity (Wildman–Crippen MR) is 68.2 cm³/mol. The molecule has 1 unspecified atom stereocenters. The van der Waals surface area contributed by atoms with E-state index in [2.05, 4.69) is 5.32 Å². The molecule has 1 aromatic rings. The van der Waals surface area contributed by atoms with Crippen molar-refractivity contribution >= 4 is 11.4 Å². The third-order valence-electron chi connectivity index (χ3n) is 2.21. The van der Waals surface area contributed by atoms with Crippen molar-refractivity contribution < 1.29 is 19.3 Å². The zero-order valence-electron chi connectivity index (χ0n) is 10.5. The minimum atomic E-state index is -0.899. The maximum atomic E-state index is 13.5. The summed E-state index contributed by atoms with van der Waals surface area (Å²) in [6, 6.07) is 2.60. The summed E-state index contributed by atoms with van der Waals surface area (Å²) in [4.78, 5) is 0. The molecule has 1 atom stereocenters. The smallest absolute Gasteiger partial charge is 0.167 e. The topological polar surface area (TPSA) is 87.7 Å². The Bertz CT molecular complexity index is 399. The van der Waals surface area contributed by atoms with E-state index in [1.165, 1.54) is 6.07 Å². The van der Waals surface area contributed by atoms with Crippen molar-refractivity contribution in [2.75, 3.05) is 24.2 Å². The number of aliphatic hydroxyl groups excluding tert-OH is 2. The predicted octanol–water partition coefficient (Wildman–Crippen LogP) is 0.960. The van der Waals surface area contributed by atoms with Gasteiger partial charge in [-0.3, -0.25) is 0 Å². The van der Waals surface area contributed by atoms with Crippen LogP contribution in [0.3, 0.4) is 0 Å². The van der Waals surface area contributed by atoms with Crippen LogP contribution < -0.4 is 15.8 Å². The van der Waals surface area contributed by atoms with Crippen LogP contribution in [0.5, 0.6) is 5.75 Å². The van der Waals surface area contributed by atoms with Crippen molar-refractivity contribution in [3.8, 4) is 5.75 Å². The second-order valence-corrected chi connectivity index (χ2v) is 4.25. The van der Waals surface area contributed by atoms with E-state index in [4.69, 9.17) is 15.6 Å². The first kappa shape index (κ1) is 14.5. The first-order chi connectivity index (χ1) is 8.43. The minimum Gasteiger partial charge on any atom is -0.488 e. The standard InChI is InChI=1S/C12H19FN2O3/c1-7(2)18-12-4-11(10(14)3-9(12)13)15-5-8(17)6-16/h3-4,7-8,15-17H,5-6,14H2,1-2H3. The third kappa shape index (κ3) is 4.05. The van der Waals surface area contributed by atoms with E-state index in [0.29, 0.717) is 5.69 Å². The van der Waals surface area contributed by atoms with Crippen LogP contribution in [-0.2, 0) is 0 Å². The number of benzene rings is 1. The van der Waals surface area contributed by atoms with Gasteiger partial charge in [-0.1, -0.05) is 0 Å². The van der Waals surface area contributed by atoms with Gasteiger partial charge in [0, 0.05) is 18.7 Å². The molecule has 0 aromatic heterocycles. The molecule has 5 N–H and O–H groups in total. The average Bonchev–Trinajstić information content (AvgIpc) is 2.30. The summed E-state index contributed by atoms with van der Waals surface area (Å²) in [6.07, 6.45) is -1.05. The van der Waals surface area contributed by atoms with E-state index >= 15 is 0 Å². The van der Waals surface area contributed by atoms with Gasteiger partial charge in [-0.25, -0.2) is 4.39 Å². The van der Waals surface area contributed by atoms with E-state index in [-0.39, 0.29) is 30.7 Å². The lowest BCUT2D eigenvalue weighted by atomic mass is 10.2. The van der Waals surface area contributed by atoms with Gasteiger partial charge in [-0.2, -0.15) is 0 Å². The van der Waals surface area contributed by atoms with E-state index < -0.39 is 11.9 Å². The first-order valence-corrected chi connectivity index (χ1v) is 5.72. The molecule has 0 spiro atoms. The monoisotopic (exact) mass is 258 g/mol. The van der Waals surface area contributed by atoms with Crippen molar-refractivity contribution in [2.45, 2.75) is 26.1 Å². The Hall–Kier alpha value is -1.53. The number of halogens is 1. The summed E-state index contributed by atoms with van der Waals surface area (Å²) < 4.78 is 18.8. The molecule has 0 amide bonds. The van der Waals surface area contributed by atoms with Crippen molar-refractivity contribution in [1.82, 2.24) is 0 Å². The van der Waals surface area contributed by atoms with E-state index in [9.17, 15) is 9.50 Å². The number of hydrogen-bond acceptors (Lipinski definition) is 5. The summed E-state index contributed by atoms with van der Waals surface area (Å²) in [6.45, 7) is 3.34. The highest BCUT2D eigenvalue weighted by molar-refractivity contribution is 5.68. The van der Waals surface area contributed by atoms with Gasteiger partial charge in [0.1, 0.15) is 0 Å². The number of rotatable bonds is 6. The molecule has 5 nitrogen and oxygen atoms in total. The molecule has 1 aromatic carbocycles. The number of anilines is 2. The molecule has 0 aliphatic carbocycles. The van der Waals surface area contributed by atoms with Crippen molar-refractivity contribution in [1.29, 1.82) is 0 Å². The van der Waals surface area contributed by atoms with Gasteiger partial charge >= 0.3 is 0 Å². The molecule has 102 valence electrons. The number of aliphatic hydroxyl groups is 2. The molecule has 0 saturated heterocycles. The van der Waals surface area contributed by atoms with Crippen LogP contribution in [0.1, 0.15) is 13.8 Å². The minimum absolute atomic E-state index is 0.0974. The molecule has 1 rings (SSSR count). The Morgan fingerprint density at radius 1 is 1.44 bits per heavy atom. The number of nitrogen functional groups attached to an aromatic ring is 1. The Labute approximate surface area is 105 Å². The SMILES string of the molecule is CC(C)Oc1cc(NCC(O)CO)c(N)cc1F. The fourth-order valence-electron chi connectivity index (χ4n) is 1.36. The number of nitrogens with two attached hydrogens (primary N) is 1. The van der Waals surface area contributed by atoms with Crippen LogP contribution in [0, 0.1) is 5.82 Å². The fourth-order valence-corrected chi connectivity index (χ4v) is 1.36. The van der Waals surface area contributed by atoms with E-state index in [0.717, 1.165) is 6.07 Å². The lowest BCUT2D eigenvalue weighted by Gasteiger charge is -2.16. The van der Waals surface area contributed by atoms with Gasteiger partial charge in [-0.05, 0) is 13.8 Å². The largest absolute Gasteiger partial charge is 0.488 e. The molecule has 18 heavy (non-hydrogen) atoms. The van der Waals surface area contributed by atoms with Gasteiger partial charge in [0.05, 0.1) is 30.2 Å². The van der Waals surface area contributed by atoms with Gasteiger partial charge in [0.15, 0.2) is 11.6 Å². The molecule has 0 saturated carbocycles. The Morgan fingerprint density at radius 2 is 2.11 bits per heavy atom. The molecule has 0 aliphatic rings. The molecule has 0 radical (unpaired) electrons. The highest BCUT2D eigenvalue weighted by atomic mass is 19.1. The number of hydrogen-bond donors (Lipinski definition) is 4. The van der Waals surface area contributed by atoms with Crippen LogP contribution in [0.15, 0.2) is 12.1 Å². The second kappa shape index (κ2) is 6.42. The van der Waals surface area contributed by atoms with Crippen LogP contribution in [0.2, 0.25) is 0 Å². The van der Waals surface area contributed by atoms with Gasteiger partial charge < -0.3 is 26.0 Å². The second-order valence-electron chi connectivity index (χ2n) is 4.25. The summed E-state index contributed by atoms with van der Waals surface area (Å²) >= 11 is 0. The van der Waals surface area contributed by atoms with Crippen LogP contribution in [0.4, 0.5) is 15.8 Å². The fraction of sp³-hybridized carbons (Fsp3) is 0.500. The highest BCUT2D eigenvalue weighted by Crippen LogP contribution is 2.28. The zero-order valence-corrected chi connectivity index (χ0v) is 10.5. The Kier molecular flexibility index (Phi) is 5.18. The van der Waals surface area contributed by atoms with Crippen LogP contribution >= 0.6 is 0 Å². The number of nitrogens with one attached hydrogen (secondary N) is 1. The maximum absolute atomic E-state index is 13.5. The molecular weight excluding hydrogens is 239 g/mol. The van der Waals surface area contributed by atoms with Crippen LogP contribution in [-0.4, -0.2) is 35.6 Å². The Balaban J connectivity index is 2.84. The van der Waals surface area contributed by atoms with E-state index in [1.54, 1.807) is 13.8 Å². The summed E-state index contributed by atoms with van der Waals surface area (Å²) in [5.41, 5.74) is 6.32. The van der Waals surface area contributed by atoms with Crippen molar-refractivity contribution in [2.24, 2.45) is 0 Å². The molecule has 0 heterocycles. The molecule has 0 aliphatic heterocycles. The lowest BCUT2D eigenvalue weighted by Crippen LogP contribution is -2.23. The third-order valence-corrected chi connectivity index (χ3v) is 2.21. The molecule has 0 bridgehead atoms. The Morgan fingerprint density at radius 3 is 2.67 bits per heavy atom. The lowest BCUT2D eigenvalue weighted by molar-refractivity contribution is 0.105. The summed E-state index contributed by atoms with van der Waals surface area (Å²) in [7, 11) is 0. The summed E-state index contributed by atoms with van der Waals surface area (Å²) in [5.74, 6) is -0.436. The normalized spacial score (nSPS) is 12.6. The quantitative estimate of drug-likeness (QED) is 0.571. The molecular formula is C12H19FN2O3. The van der Waals surface area contributed by atoms with Gasteiger partial charge in [0.2, 0.25) is 0 Å². The highest BCUT2D eigenvalue weighted by Gasteiger charge is 2.11. The van der Waals surface area contributed by atoms with E-state index in [1.807, 2.05) is 0 Å². The van der Waals surface area contributed by atoms with Gasteiger partial charge in [-0.15, -0.1) is 0 Å². The maximum Gasteiger partial charge on any atom is 0.167 e. The molecule has 0 fully saturated rings. The molecule has 6 heteroatoms. The van der Waals surface area contributed by atoms with Crippen molar-refractivity contribution in [3.63, 3.8) is 0 Å². The number of ether oxygens (including phenoxy) is 1. The van der Waals surface area contributed by atoms with Crippen LogP contribution in [0.25, 0.3) is 0 Å². The zero-order chi connectivity index (χ0) is 13.7. The van der Waals surface area contributed by atoms with Crippen molar-refractivity contribution in [3.05, 3.63) is 17.9 Å². The first-order valence-electron chi connectivity index (χ1n) is 5.72. The van der Waals surface area contributed by atoms with Gasteiger partial charge in [0.25, 0.3) is 0 Å².